The lowest BCUT2D eigenvalue weighted by atomic mass is 9.85. The third-order valence-electron chi connectivity index (χ3n) is 6.68. The minimum atomic E-state index is -0.361. The van der Waals surface area contributed by atoms with Gasteiger partial charge in [-0.1, -0.05) is 61.9 Å². The molecular formula is C29H28N2O3S. The molecule has 4 aromatic rings. The summed E-state index contributed by atoms with van der Waals surface area (Å²) in [5.74, 6) is -0.00547. The molecular weight excluding hydrogens is 456 g/mol. The lowest BCUT2D eigenvalue weighted by molar-refractivity contribution is 0.0526. The Labute approximate surface area is 209 Å². The molecule has 6 heteroatoms. The van der Waals surface area contributed by atoms with E-state index in [2.05, 4.69) is 12.2 Å². The van der Waals surface area contributed by atoms with Crippen molar-refractivity contribution in [2.24, 2.45) is 5.92 Å². The number of thiophene rings is 1. The van der Waals surface area contributed by atoms with Gasteiger partial charge in [0.25, 0.3) is 5.91 Å². The minimum Gasteiger partial charge on any atom is -0.462 e. The van der Waals surface area contributed by atoms with Crippen molar-refractivity contribution in [3.05, 3.63) is 82.2 Å². The van der Waals surface area contributed by atoms with Crippen LogP contribution in [0.25, 0.3) is 22.2 Å². The first-order valence-electron chi connectivity index (χ1n) is 12.2. The van der Waals surface area contributed by atoms with Crippen molar-refractivity contribution in [2.75, 3.05) is 11.9 Å². The predicted octanol–water partition coefficient (Wildman–Crippen LogP) is 6.91. The highest BCUT2D eigenvalue weighted by molar-refractivity contribution is 7.17. The van der Waals surface area contributed by atoms with Crippen LogP contribution in [-0.2, 0) is 17.6 Å². The number of pyridine rings is 1. The van der Waals surface area contributed by atoms with Crippen LogP contribution in [-0.4, -0.2) is 23.5 Å². The number of para-hydroxylation sites is 1. The first-order valence-corrected chi connectivity index (χ1v) is 13.0. The molecule has 0 spiro atoms. The molecule has 178 valence electrons. The van der Waals surface area contributed by atoms with Gasteiger partial charge in [-0.25, -0.2) is 9.78 Å². The number of hydrogen-bond acceptors (Lipinski definition) is 5. The molecule has 0 saturated carbocycles. The van der Waals surface area contributed by atoms with Crippen molar-refractivity contribution in [3.63, 3.8) is 0 Å². The van der Waals surface area contributed by atoms with Gasteiger partial charge in [-0.05, 0) is 49.8 Å². The zero-order valence-corrected chi connectivity index (χ0v) is 20.8. The van der Waals surface area contributed by atoms with Crippen molar-refractivity contribution in [3.8, 4) is 11.3 Å². The number of carbonyl (C=O) groups excluding carboxylic acids is 2. The van der Waals surface area contributed by atoms with Gasteiger partial charge < -0.3 is 10.1 Å². The average molecular weight is 485 g/mol. The van der Waals surface area contributed by atoms with Crippen LogP contribution in [0.5, 0.6) is 0 Å². The van der Waals surface area contributed by atoms with Gasteiger partial charge in [0.1, 0.15) is 5.00 Å². The quantitative estimate of drug-likeness (QED) is 0.302. The first kappa shape index (κ1) is 23.2. The van der Waals surface area contributed by atoms with E-state index in [0.29, 0.717) is 28.7 Å². The second-order valence-corrected chi connectivity index (χ2v) is 9.94. The molecule has 35 heavy (non-hydrogen) atoms. The average Bonchev–Trinajstić information content (AvgIpc) is 3.25. The molecule has 5 nitrogen and oxygen atoms in total. The van der Waals surface area contributed by atoms with Crippen LogP contribution in [0.4, 0.5) is 5.00 Å². The topological polar surface area (TPSA) is 68.3 Å². The first-order chi connectivity index (χ1) is 17.1. The Balaban J connectivity index is 1.57. The standard InChI is InChI=1S/C29H28N2O3S/c1-3-18-14-15-21-25(16-18)35-28(26(21)29(33)34-4-2)31-27(32)22-17-24(19-10-6-5-7-11-19)30-23-13-9-8-12-20(22)23/h5-13,17-18H,3-4,14-16H2,1-2H3,(H,31,32). The predicted molar refractivity (Wildman–Crippen MR) is 141 cm³/mol. The van der Waals surface area contributed by atoms with Crippen LogP contribution in [0.1, 0.15) is 57.8 Å². The van der Waals surface area contributed by atoms with Gasteiger partial charge in [-0.2, -0.15) is 0 Å². The van der Waals surface area contributed by atoms with E-state index in [1.54, 1.807) is 6.92 Å². The summed E-state index contributed by atoms with van der Waals surface area (Å²) in [6.45, 7) is 4.30. The summed E-state index contributed by atoms with van der Waals surface area (Å²) in [6.07, 6.45) is 3.94. The lowest BCUT2D eigenvalue weighted by Crippen LogP contribution is -2.17. The van der Waals surface area contributed by atoms with Gasteiger partial charge in [0.2, 0.25) is 0 Å². The van der Waals surface area contributed by atoms with Crippen molar-refractivity contribution >= 4 is 39.1 Å². The molecule has 2 aromatic carbocycles. The number of amides is 1. The fourth-order valence-electron chi connectivity index (χ4n) is 4.80. The molecule has 0 aliphatic heterocycles. The summed E-state index contributed by atoms with van der Waals surface area (Å²) in [5, 5.41) is 4.43. The number of ether oxygens (including phenoxy) is 1. The number of nitrogens with zero attached hydrogens (tertiary/aromatic N) is 1. The summed E-state index contributed by atoms with van der Waals surface area (Å²) in [7, 11) is 0. The number of anilines is 1. The van der Waals surface area contributed by atoms with Crippen LogP contribution < -0.4 is 5.32 Å². The van der Waals surface area contributed by atoms with Gasteiger partial charge in [0, 0.05) is 15.8 Å². The van der Waals surface area contributed by atoms with Crippen molar-refractivity contribution in [1.82, 2.24) is 4.98 Å². The molecule has 0 saturated heterocycles. The molecule has 0 bridgehead atoms. The molecule has 2 heterocycles. The number of aromatic nitrogens is 1. The molecule has 1 unspecified atom stereocenters. The van der Waals surface area contributed by atoms with Crippen LogP contribution in [0.15, 0.2) is 60.7 Å². The molecule has 1 amide bonds. The second kappa shape index (κ2) is 10.0. The molecule has 0 fully saturated rings. The number of esters is 1. The monoisotopic (exact) mass is 484 g/mol. The molecule has 2 aromatic heterocycles. The number of hydrogen-bond donors (Lipinski definition) is 1. The van der Waals surface area contributed by atoms with Crippen molar-refractivity contribution in [2.45, 2.75) is 39.5 Å². The van der Waals surface area contributed by atoms with E-state index in [1.165, 1.54) is 16.2 Å². The van der Waals surface area contributed by atoms with E-state index in [0.717, 1.165) is 53.4 Å². The Morgan fingerprint density at radius 3 is 2.63 bits per heavy atom. The minimum absolute atomic E-state index is 0.253. The highest BCUT2D eigenvalue weighted by atomic mass is 32.1. The largest absolute Gasteiger partial charge is 0.462 e. The Kier molecular flexibility index (Phi) is 6.64. The fourth-order valence-corrected chi connectivity index (χ4v) is 6.15. The van der Waals surface area contributed by atoms with Crippen LogP contribution >= 0.6 is 11.3 Å². The van der Waals surface area contributed by atoms with E-state index in [9.17, 15) is 9.59 Å². The number of carbonyl (C=O) groups is 2. The van der Waals surface area contributed by atoms with E-state index >= 15 is 0 Å². The van der Waals surface area contributed by atoms with Gasteiger partial charge >= 0.3 is 5.97 Å². The molecule has 1 N–H and O–H groups in total. The van der Waals surface area contributed by atoms with E-state index in [1.807, 2.05) is 60.7 Å². The highest BCUT2D eigenvalue weighted by Crippen LogP contribution is 2.41. The number of nitrogens with one attached hydrogen (secondary N) is 1. The number of fused-ring (bicyclic) bond motifs is 2. The SMILES string of the molecule is CCOC(=O)c1c(NC(=O)c2cc(-c3ccccc3)nc3ccccc23)sc2c1CCC(CC)C2. The number of rotatable bonds is 6. The van der Waals surface area contributed by atoms with Crippen LogP contribution in [0.2, 0.25) is 0 Å². The number of benzene rings is 2. The van der Waals surface area contributed by atoms with Gasteiger partial charge in [0.15, 0.2) is 0 Å². The molecule has 1 aliphatic carbocycles. The molecule has 5 rings (SSSR count). The van der Waals surface area contributed by atoms with Crippen LogP contribution in [0.3, 0.4) is 0 Å². The van der Waals surface area contributed by atoms with E-state index in [-0.39, 0.29) is 11.9 Å². The van der Waals surface area contributed by atoms with Gasteiger partial charge in [-0.15, -0.1) is 11.3 Å². The zero-order valence-electron chi connectivity index (χ0n) is 20.0. The normalized spacial score (nSPS) is 15.0. The third kappa shape index (κ3) is 4.58. The van der Waals surface area contributed by atoms with Crippen LogP contribution in [0, 0.1) is 5.92 Å². The Morgan fingerprint density at radius 2 is 1.86 bits per heavy atom. The van der Waals surface area contributed by atoms with Crippen molar-refractivity contribution in [1.29, 1.82) is 0 Å². The van der Waals surface area contributed by atoms with E-state index < -0.39 is 0 Å². The maximum Gasteiger partial charge on any atom is 0.341 e. The van der Waals surface area contributed by atoms with E-state index in [4.69, 9.17) is 9.72 Å². The third-order valence-corrected chi connectivity index (χ3v) is 7.85. The maximum atomic E-state index is 13.7. The maximum absolute atomic E-state index is 13.7. The summed E-state index contributed by atoms with van der Waals surface area (Å²) >= 11 is 1.52. The Bertz CT molecular complexity index is 1390. The molecule has 0 radical (unpaired) electrons. The molecule has 1 atom stereocenters. The Morgan fingerprint density at radius 1 is 1.09 bits per heavy atom. The Hall–Kier alpha value is -3.51. The highest BCUT2D eigenvalue weighted by Gasteiger charge is 2.30. The fraction of sp³-hybridized carbons (Fsp3) is 0.276. The lowest BCUT2D eigenvalue weighted by Gasteiger charge is -2.20. The summed E-state index contributed by atoms with van der Waals surface area (Å²) < 4.78 is 5.39. The van der Waals surface area contributed by atoms with Crippen molar-refractivity contribution < 1.29 is 14.3 Å². The zero-order chi connectivity index (χ0) is 24.4. The smallest absolute Gasteiger partial charge is 0.341 e. The second-order valence-electron chi connectivity index (χ2n) is 8.84. The van der Waals surface area contributed by atoms with Gasteiger partial charge in [-0.3, -0.25) is 4.79 Å². The summed E-state index contributed by atoms with van der Waals surface area (Å²) in [4.78, 5) is 32.6. The summed E-state index contributed by atoms with van der Waals surface area (Å²) in [6, 6.07) is 19.3. The van der Waals surface area contributed by atoms with Gasteiger partial charge in [0.05, 0.1) is 28.9 Å². The molecule has 1 aliphatic rings. The summed E-state index contributed by atoms with van der Waals surface area (Å²) in [5.41, 5.74) is 4.52.